The summed E-state index contributed by atoms with van der Waals surface area (Å²) in [5.41, 5.74) is 0. The molecule has 0 aromatic heterocycles. The van der Waals surface area contributed by atoms with Gasteiger partial charge in [0.05, 0.1) is 0 Å². The van der Waals surface area contributed by atoms with E-state index in [1.807, 2.05) is 0 Å². The minimum Gasteiger partial charge on any atom is -0.305 e. The third-order valence-electron chi connectivity index (χ3n) is 5.70. The van der Waals surface area contributed by atoms with Crippen molar-refractivity contribution in [2.75, 3.05) is 0 Å². The lowest BCUT2D eigenvalue weighted by Crippen LogP contribution is -2.70. The average molecular weight is 322 g/mol. The fourth-order valence-electron chi connectivity index (χ4n) is 4.30. The molecule has 3 rings (SSSR count). The fourth-order valence-corrected chi connectivity index (χ4v) is 4.30. The van der Waals surface area contributed by atoms with Crippen LogP contribution in [-0.4, -0.2) is 35.3 Å². The van der Waals surface area contributed by atoms with Crippen LogP contribution >= 0.6 is 0 Å². The predicted molar refractivity (Wildman–Crippen MR) is 88.7 cm³/mol. The molecule has 0 aromatic rings. The molecule has 4 amide bonds. The highest BCUT2D eigenvalue weighted by Gasteiger charge is 2.37. The number of carbonyl (C=O) groups is 2. The van der Waals surface area contributed by atoms with Gasteiger partial charge in [-0.3, -0.25) is 5.32 Å². The summed E-state index contributed by atoms with van der Waals surface area (Å²) in [5, 5.41) is 9.20. The van der Waals surface area contributed by atoms with Gasteiger partial charge in [0.25, 0.3) is 0 Å². The first kappa shape index (κ1) is 16.6. The van der Waals surface area contributed by atoms with Crippen molar-refractivity contribution in [2.45, 2.75) is 89.5 Å². The Hall–Kier alpha value is -1.30. The number of imide groups is 1. The number of rotatable bonds is 4. The van der Waals surface area contributed by atoms with Crippen LogP contribution in [0.1, 0.15) is 71.1 Å². The zero-order valence-corrected chi connectivity index (χ0v) is 14.1. The zero-order valence-electron chi connectivity index (χ0n) is 14.1. The Balaban J connectivity index is 1.53. The summed E-state index contributed by atoms with van der Waals surface area (Å²) in [6, 6.07) is -0.161. The van der Waals surface area contributed by atoms with Crippen LogP contribution in [-0.2, 0) is 0 Å². The second-order valence-electron chi connectivity index (χ2n) is 7.35. The van der Waals surface area contributed by atoms with E-state index in [-0.39, 0.29) is 18.1 Å². The van der Waals surface area contributed by atoms with Crippen molar-refractivity contribution in [1.29, 1.82) is 0 Å². The zero-order chi connectivity index (χ0) is 16.2. The first-order valence-electron chi connectivity index (χ1n) is 9.31. The molecular weight excluding hydrogens is 292 g/mol. The first-order chi connectivity index (χ1) is 11.1. The Labute approximate surface area is 138 Å². The van der Waals surface area contributed by atoms with Gasteiger partial charge in [-0.15, -0.1) is 0 Å². The normalized spacial score (nSPS) is 26.7. The summed E-state index contributed by atoms with van der Waals surface area (Å²) < 4.78 is 0. The van der Waals surface area contributed by atoms with Crippen LogP contribution in [0.15, 0.2) is 0 Å². The number of carbonyl (C=O) groups excluding carboxylic acids is 2. The number of amides is 4. The molecule has 6 heteroatoms. The van der Waals surface area contributed by atoms with Gasteiger partial charge in [-0.25, -0.2) is 14.5 Å². The summed E-state index contributed by atoms with van der Waals surface area (Å²) in [6.07, 6.45) is 11.2. The van der Waals surface area contributed by atoms with E-state index >= 15 is 0 Å². The molecule has 0 aromatic carbocycles. The van der Waals surface area contributed by atoms with Gasteiger partial charge in [-0.1, -0.05) is 38.5 Å². The largest absolute Gasteiger partial charge is 0.328 e. The number of hydrogen-bond donors (Lipinski definition) is 3. The molecule has 130 valence electrons. The molecule has 3 fully saturated rings. The summed E-state index contributed by atoms with van der Waals surface area (Å²) in [5.74, 6) is 0.633. The maximum absolute atomic E-state index is 12.4. The standard InChI is InChI=1S/C17H30N4O2/c1-12(13-8-4-2-5-9-13)18-15-19-16(22)21(17(23)20-15)14-10-6-3-7-11-14/h12-15,18H,2-11H2,1H3,(H,19,22)(H,20,23)/t12-/m0/s1. The minimum absolute atomic E-state index is 0.0560. The number of nitrogens with one attached hydrogen (secondary N) is 3. The van der Waals surface area contributed by atoms with Gasteiger partial charge in [-0.2, -0.15) is 0 Å². The van der Waals surface area contributed by atoms with Crippen molar-refractivity contribution in [1.82, 2.24) is 20.9 Å². The van der Waals surface area contributed by atoms with E-state index in [0.29, 0.717) is 12.0 Å². The molecule has 2 aliphatic carbocycles. The molecule has 3 N–H and O–H groups in total. The maximum atomic E-state index is 12.4. The SMILES string of the molecule is C[C@H](NC1NC(=O)N(C2CCCCC2)C(=O)N1)C1CCCCC1. The van der Waals surface area contributed by atoms with Crippen molar-refractivity contribution in [3.05, 3.63) is 0 Å². The Morgan fingerprint density at radius 2 is 1.43 bits per heavy atom. The van der Waals surface area contributed by atoms with Gasteiger partial charge in [0.1, 0.15) is 0 Å². The maximum Gasteiger partial charge on any atom is 0.328 e. The molecule has 0 unspecified atom stereocenters. The molecule has 1 aliphatic heterocycles. The Morgan fingerprint density at radius 3 is 2.00 bits per heavy atom. The van der Waals surface area contributed by atoms with Gasteiger partial charge in [0.2, 0.25) is 0 Å². The predicted octanol–water partition coefficient (Wildman–Crippen LogP) is 2.90. The summed E-state index contributed by atoms with van der Waals surface area (Å²) >= 11 is 0. The molecular formula is C17H30N4O2. The molecule has 0 radical (unpaired) electrons. The van der Waals surface area contributed by atoms with E-state index in [0.717, 1.165) is 25.7 Å². The smallest absolute Gasteiger partial charge is 0.305 e. The monoisotopic (exact) mass is 322 g/mol. The third-order valence-corrected chi connectivity index (χ3v) is 5.70. The van der Waals surface area contributed by atoms with E-state index in [4.69, 9.17) is 0 Å². The van der Waals surface area contributed by atoms with Crippen molar-refractivity contribution >= 4 is 12.1 Å². The highest BCUT2D eigenvalue weighted by Crippen LogP contribution is 2.27. The van der Waals surface area contributed by atoms with Crippen LogP contribution in [0.25, 0.3) is 0 Å². The van der Waals surface area contributed by atoms with Crippen molar-refractivity contribution < 1.29 is 9.59 Å². The van der Waals surface area contributed by atoms with Gasteiger partial charge in [0.15, 0.2) is 6.29 Å². The highest BCUT2D eigenvalue weighted by atomic mass is 16.2. The lowest BCUT2D eigenvalue weighted by molar-refractivity contribution is 0.126. The number of urea groups is 2. The van der Waals surface area contributed by atoms with E-state index in [9.17, 15) is 9.59 Å². The topological polar surface area (TPSA) is 73.5 Å². The van der Waals surface area contributed by atoms with Crippen LogP contribution in [0, 0.1) is 5.92 Å². The molecule has 0 spiro atoms. The Bertz CT molecular complexity index is 412. The number of hydrogen-bond acceptors (Lipinski definition) is 3. The second kappa shape index (κ2) is 7.51. The molecule has 1 saturated heterocycles. The fraction of sp³-hybridized carbons (Fsp3) is 0.882. The molecule has 0 bridgehead atoms. The summed E-state index contributed by atoms with van der Waals surface area (Å²) in [4.78, 5) is 26.2. The average Bonchev–Trinajstić information content (AvgIpc) is 2.56. The lowest BCUT2D eigenvalue weighted by atomic mass is 9.84. The second-order valence-corrected chi connectivity index (χ2v) is 7.35. The van der Waals surface area contributed by atoms with Gasteiger partial charge in [-0.05, 0) is 38.5 Å². The molecule has 6 nitrogen and oxygen atoms in total. The van der Waals surface area contributed by atoms with Crippen molar-refractivity contribution in [3.63, 3.8) is 0 Å². The van der Waals surface area contributed by atoms with Gasteiger partial charge in [0, 0.05) is 12.1 Å². The van der Waals surface area contributed by atoms with Gasteiger partial charge >= 0.3 is 12.1 Å². The molecule has 1 atom stereocenters. The highest BCUT2D eigenvalue weighted by molar-refractivity contribution is 5.96. The number of nitrogens with zero attached hydrogens (tertiary/aromatic N) is 1. The van der Waals surface area contributed by atoms with E-state index < -0.39 is 6.29 Å². The molecule has 23 heavy (non-hydrogen) atoms. The summed E-state index contributed by atoms with van der Waals surface area (Å²) in [7, 11) is 0. The van der Waals surface area contributed by atoms with Crippen LogP contribution < -0.4 is 16.0 Å². The molecule has 1 heterocycles. The van der Waals surface area contributed by atoms with E-state index in [1.54, 1.807) is 0 Å². The lowest BCUT2D eigenvalue weighted by Gasteiger charge is -2.40. The first-order valence-corrected chi connectivity index (χ1v) is 9.31. The third kappa shape index (κ3) is 3.97. The molecule has 2 saturated carbocycles. The quantitative estimate of drug-likeness (QED) is 0.745. The summed E-state index contributed by atoms with van der Waals surface area (Å²) in [6.45, 7) is 2.15. The van der Waals surface area contributed by atoms with Crippen LogP contribution in [0.5, 0.6) is 0 Å². The Morgan fingerprint density at radius 1 is 0.913 bits per heavy atom. The van der Waals surface area contributed by atoms with Crippen LogP contribution in [0.2, 0.25) is 0 Å². The van der Waals surface area contributed by atoms with E-state index in [2.05, 4.69) is 22.9 Å². The molecule has 3 aliphatic rings. The minimum atomic E-state index is -0.452. The van der Waals surface area contributed by atoms with Gasteiger partial charge < -0.3 is 10.6 Å². The Kier molecular flexibility index (Phi) is 5.41. The van der Waals surface area contributed by atoms with Crippen LogP contribution in [0.4, 0.5) is 9.59 Å². The van der Waals surface area contributed by atoms with Crippen molar-refractivity contribution in [3.8, 4) is 0 Å². The van der Waals surface area contributed by atoms with Crippen molar-refractivity contribution in [2.24, 2.45) is 5.92 Å². The van der Waals surface area contributed by atoms with E-state index in [1.165, 1.54) is 43.4 Å². The van der Waals surface area contributed by atoms with Crippen LogP contribution in [0.3, 0.4) is 0 Å².